The van der Waals surface area contributed by atoms with Crippen LogP contribution in [-0.2, 0) is 16.1 Å². The lowest BCUT2D eigenvalue weighted by molar-refractivity contribution is -0.122. The van der Waals surface area contributed by atoms with E-state index in [1.807, 2.05) is 0 Å². The number of halogens is 1. The second-order valence-corrected chi connectivity index (χ2v) is 5.63. The standard InChI is InChI=1S/C17H18FN3O3/c18-14-6-2-1-5-13(14)15-7-8-17(23)21(20-15)11-16(22)19-10-12-4-3-9-24-12/h1-2,5-8,12H,3-4,9-11H2,(H,19,22). The number of amides is 1. The Balaban J connectivity index is 1.71. The third-order valence-electron chi connectivity index (χ3n) is 3.86. The predicted octanol–water partition coefficient (Wildman–Crippen LogP) is 1.34. The summed E-state index contributed by atoms with van der Waals surface area (Å²) in [4.78, 5) is 23.9. The van der Waals surface area contributed by atoms with Crippen molar-refractivity contribution in [3.05, 3.63) is 52.6 Å². The first-order valence-corrected chi connectivity index (χ1v) is 7.85. The normalized spacial score (nSPS) is 17.0. The van der Waals surface area contributed by atoms with E-state index in [4.69, 9.17) is 4.74 Å². The second kappa shape index (κ2) is 7.35. The largest absolute Gasteiger partial charge is 0.376 e. The molecule has 1 saturated heterocycles. The molecule has 1 atom stereocenters. The van der Waals surface area contributed by atoms with Crippen LogP contribution in [0.15, 0.2) is 41.2 Å². The molecule has 0 radical (unpaired) electrons. The van der Waals surface area contributed by atoms with Gasteiger partial charge in [0.15, 0.2) is 0 Å². The minimum atomic E-state index is -0.432. The minimum absolute atomic E-state index is 0.0309. The smallest absolute Gasteiger partial charge is 0.267 e. The minimum Gasteiger partial charge on any atom is -0.376 e. The maximum absolute atomic E-state index is 13.8. The van der Waals surface area contributed by atoms with Gasteiger partial charge in [0.25, 0.3) is 5.56 Å². The van der Waals surface area contributed by atoms with Gasteiger partial charge < -0.3 is 10.1 Å². The van der Waals surface area contributed by atoms with Gasteiger partial charge in [0, 0.05) is 24.8 Å². The molecule has 7 heteroatoms. The molecule has 0 spiro atoms. The summed E-state index contributed by atoms with van der Waals surface area (Å²) in [7, 11) is 0. The van der Waals surface area contributed by atoms with Gasteiger partial charge in [-0.1, -0.05) is 12.1 Å². The van der Waals surface area contributed by atoms with Gasteiger partial charge in [-0.15, -0.1) is 0 Å². The molecule has 1 amide bonds. The number of nitrogens with one attached hydrogen (secondary N) is 1. The van der Waals surface area contributed by atoms with Crippen LogP contribution in [0.2, 0.25) is 0 Å². The van der Waals surface area contributed by atoms with E-state index in [0.717, 1.165) is 17.5 Å². The van der Waals surface area contributed by atoms with Crippen LogP contribution >= 0.6 is 0 Å². The fourth-order valence-corrected chi connectivity index (χ4v) is 2.60. The van der Waals surface area contributed by atoms with Gasteiger partial charge in [0.2, 0.25) is 5.91 Å². The van der Waals surface area contributed by atoms with E-state index in [2.05, 4.69) is 10.4 Å². The zero-order chi connectivity index (χ0) is 16.9. The van der Waals surface area contributed by atoms with Crippen molar-refractivity contribution >= 4 is 5.91 Å². The molecule has 3 rings (SSSR count). The van der Waals surface area contributed by atoms with Crippen molar-refractivity contribution in [2.45, 2.75) is 25.5 Å². The molecular weight excluding hydrogens is 313 g/mol. The van der Waals surface area contributed by atoms with Crippen LogP contribution < -0.4 is 10.9 Å². The third kappa shape index (κ3) is 3.86. The van der Waals surface area contributed by atoms with Gasteiger partial charge in [0.1, 0.15) is 12.4 Å². The summed E-state index contributed by atoms with van der Waals surface area (Å²) in [5, 5.41) is 6.83. The van der Waals surface area contributed by atoms with E-state index in [-0.39, 0.29) is 24.1 Å². The van der Waals surface area contributed by atoms with E-state index in [1.165, 1.54) is 18.2 Å². The summed E-state index contributed by atoms with van der Waals surface area (Å²) in [5.41, 5.74) is 0.174. The molecule has 0 aliphatic carbocycles. The fourth-order valence-electron chi connectivity index (χ4n) is 2.60. The molecule has 0 saturated carbocycles. The molecule has 2 heterocycles. The van der Waals surface area contributed by atoms with Gasteiger partial charge >= 0.3 is 0 Å². The van der Waals surface area contributed by atoms with Crippen molar-refractivity contribution in [2.24, 2.45) is 0 Å². The summed E-state index contributed by atoms with van der Waals surface area (Å²) < 4.78 is 20.3. The fraction of sp³-hybridized carbons (Fsp3) is 0.353. The molecule has 0 bridgehead atoms. The predicted molar refractivity (Wildman–Crippen MR) is 85.9 cm³/mol. The van der Waals surface area contributed by atoms with E-state index in [0.29, 0.717) is 18.8 Å². The zero-order valence-corrected chi connectivity index (χ0v) is 13.1. The number of ether oxygens (including phenoxy) is 1. The summed E-state index contributed by atoms with van der Waals surface area (Å²) >= 11 is 0. The monoisotopic (exact) mass is 331 g/mol. The Kier molecular flexibility index (Phi) is 5.00. The third-order valence-corrected chi connectivity index (χ3v) is 3.86. The number of hydrogen-bond acceptors (Lipinski definition) is 4. The van der Waals surface area contributed by atoms with Gasteiger partial charge in [-0.3, -0.25) is 9.59 Å². The van der Waals surface area contributed by atoms with Crippen LogP contribution in [0.3, 0.4) is 0 Å². The maximum Gasteiger partial charge on any atom is 0.267 e. The van der Waals surface area contributed by atoms with Crippen LogP contribution in [0.1, 0.15) is 12.8 Å². The Morgan fingerprint density at radius 2 is 2.17 bits per heavy atom. The van der Waals surface area contributed by atoms with Crippen molar-refractivity contribution in [3.63, 3.8) is 0 Å². The lowest BCUT2D eigenvalue weighted by Gasteiger charge is -2.11. The van der Waals surface area contributed by atoms with Crippen molar-refractivity contribution < 1.29 is 13.9 Å². The van der Waals surface area contributed by atoms with E-state index in [9.17, 15) is 14.0 Å². The highest BCUT2D eigenvalue weighted by Crippen LogP contribution is 2.18. The van der Waals surface area contributed by atoms with E-state index < -0.39 is 11.4 Å². The molecule has 1 fully saturated rings. The summed E-state index contributed by atoms with van der Waals surface area (Å²) in [6, 6.07) is 8.88. The zero-order valence-electron chi connectivity index (χ0n) is 13.1. The summed E-state index contributed by atoms with van der Waals surface area (Å²) in [6.45, 7) is 0.917. The molecule has 1 unspecified atom stereocenters. The number of rotatable bonds is 5. The van der Waals surface area contributed by atoms with Crippen LogP contribution in [0, 0.1) is 5.82 Å². The summed E-state index contributed by atoms with van der Waals surface area (Å²) in [6.07, 6.45) is 1.94. The SMILES string of the molecule is O=C(Cn1nc(-c2ccccc2F)ccc1=O)NCC1CCCO1. The van der Waals surface area contributed by atoms with Crippen LogP contribution in [-0.4, -0.2) is 34.9 Å². The summed E-state index contributed by atoms with van der Waals surface area (Å²) in [5.74, 6) is -0.760. The Hall–Kier alpha value is -2.54. The number of aromatic nitrogens is 2. The lowest BCUT2D eigenvalue weighted by atomic mass is 10.1. The molecule has 1 aromatic heterocycles. The topological polar surface area (TPSA) is 73.2 Å². The molecular formula is C17H18FN3O3. The first kappa shape index (κ1) is 16.3. The highest BCUT2D eigenvalue weighted by Gasteiger charge is 2.16. The molecule has 24 heavy (non-hydrogen) atoms. The molecule has 1 aliphatic heterocycles. The molecule has 1 aromatic carbocycles. The molecule has 2 aromatic rings. The van der Waals surface area contributed by atoms with Crippen LogP contribution in [0.4, 0.5) is 4.39 Å². The maximum atomic E-state index is 13.8. The number of carbonyl (C=O) groups excluding carboxylic acids is 1. The molecule has 126 valence electrons. The number of carbonyl (C=O) groups is 1. The number of hydrogen-bond donors (Lipinski definition) is 1. The van der Waals surface area contributed by atoms with Crippen molar-refractivity contribution in [1.82, 2.24) is 15.1 Å². The van der Waals surface area contributed by atoms with Gasteiger partial charge in [-0.2, -0.15) is 5.10 Å². The first-order chi connectivity index (χ1) is 11.6. The second-order valence-electron chi connectivity index (χ2n) is 5.63. The molecule has 1 N–H and O–H groups in total. The van der Waals surface area contributed by atoms with E-state index >= 15 is 0 Å². The Morgan fingerprint density at radius 3 is 2.92 bits per heavy atom. The highest BCUT2D eigenvalue weighted by molar-refractivity contribution is 5.75. The highest BCUT2D eigenvalue weighted by atomic mass is 19.1. The van der Waals surface area contributed by atoms with Crippen molar-refractivity contribution in [2.75, 3.05) is 13.2 Å². The molecule has 6 nitrogen and oxygen atoms in total. The van der Waals surface area contributed by atoms with Gasteiger partial charge in [0.05, 0.1) is 11.8 Å². The van der Waals surface area contributed by atoms with E-state index in [1.54, 1.807) is 18.2 Å². The van der Waals surface area contributed by atoms with Crippen LogP contribution in [0.5, 0.6) is 0 Å². The van der Waals surface area contributed by atoms with Gasteiger partial charge in [-0.05, 0) is 31.0 Å². The Labute approximate surface area is 138 Å². The number of nitrogens with zero attached hydrogens (tertiary/aromatic N) is 2. The quantitative estimate of drug-likeness (QED) is 0.897. The van der Waals surface area contributed by atoms with Crippen LogP contribution in [0.25, 0.3) is 11.3 Å². The Bertz CT molecular complexity index is 785. The molecule has 1 aliphatic rings. The average Bonchev–Trinajstić information content (AvgIpc) is 3.09. The average molecular weight is 331 g/mol. The van der Waals surface area contributed by atoms with Gasteiger partial charge in [-0.25, -0.2) is 9.07 Å². The van der Waals surface area contributed by atoms with Crippen molar-refractivity contribution in [1.29, 1.82) is 0 Å². The number of benzene rings is 1. The van der Waals surface area contributed by atoms with Crippen molar-refractivity contribution in [3.8, 4) is 11.3 Å². The Morgan fingerprint density at radius 1 is 1.33 bits per heavy atom. The lowest BCUT2D eigenvalue weighted by Crippen LogP contribution is -2.37. The first-order valence-electron chi connectivity index (χ1n) is 7.85.